The third kappa shape index (κ3) is 7.46. The average Bonchev–Trinajstić information content (AvgIpc) is 1.58. The Morgan fingerprint density at radius 2 is 0.640 bits per heavy atom. The van der Waals surface area contributed by atoms with E-state index in [2.05, 4.69) is 324 Å². The Morgan fingerprint density at radius 3 is 1.12 bits per heavy atom. The molecule has 2 aromatic heterocycles. The molecule has 0 radical (unpaired) electrons. The van der Waals surface area contributed by atoms with Gasteiger partial charge in [0.1, 0.15) is 0 Å². The van der Waals surface area contributed by atoms with Gasteiger partial charge >= 0.3 is 0 Å². The van der Waals surface area contributed by atoms with Crippen molar-refractivity contribution in [2.45, 2.75) is 52.4 Å². The van der Waals surface area contributed by atoms with E-state index in [1.54, 1.807) is 0 Å². The van der Waals surface area contributed by atoms with Gasteiger partial charge in [0, 0.05) is 49.3 Å². The van der Waals surface area contributed by atoms with Crippen LogP contribution < -0.4 is 16.4 Å². The first-order valence-corrected chi connectivity index (χ1v) is 31.6. The fraction of sp³-hybridized carbons (Fsp3) is 0.0930. The molecule has 0 saturated heterocycles. The third-order valence-electron chi connectivity index (χ3n) is 19.9. The number of nitrogens with zero attached hydrogens (tertiary/aromatic N) is 2. The molecule has 0 aliphatic carbocycles. The maximum atomic E-state index is 2.71. The lowest BCUT2D eigenvalue weighted by molar-refractivity contribution is 0.590. The first-order chi connectivity index (χ1) is 43.5. The molecule has 0 N–H and O–H groups in total. The van der Waals surface area contributed by atoms with Gasteiger partial charge in [0.25, 0.3) is 6.71 Å². The molecule has 0 atom stereocenters. The van der Waals surface area contributed by atoms with Crippen molar-refractivity contribution in [3.63, 3.8) is 0 Å². The molecule has 18 rings (SSSR count). The standard InChI is InChI=1S/C86H63BN2/c1-85(2,3)58-43-45-70-66(49-58)67-50-59(86(4,5)6)51-69-84(67)88(70)72-47-57(48-73-82(72)87(69)68-42-26-41-65-81-71(89(73)83(65)68)46-44-64-62-39-23-22-37-60(62)61-38-24-25-40-63(61)80(64)81)79-77(55-33-18-10-19-34-55)75(53-29-14-8-15-30-53)74(52-27-12-7-13-28-52)76(54-31-16-9-17-32-54)78(79)56-35-20-11-21-36-56/h7-51H,1-6H3. The van der Waals surface area contributed by atoms with Gasteiger partial charge in [-0.15, -0.1) is 0 Å². The summed E-state index contributed by atoms with van der Waals surface area (Å²) in [5.74, 6) is 0. The summed E-state index contributed by atoms with van der Waals surface area (Å²) >= 11 is 0. The van der Waals surface area contributed by atoms with Crippen molar-refractivity contribution in [1.82, 2.24) is 9.13 Å². The summed E-state index contributed by atoms with van der Waals surface area (Å²) in [6.07, 6.45) is 0. The van der Waals surface area contributed by atoms with Gasteiger partial charge in [0.15, 0.2) is 0 Å². The molecule has 0 fully saturated rings. The summed E-state index contributed by atoms with van der Waals surface area (Å²) in [7, 11) is 0. The molecule has 420 valence electrons. The largest absolute Gasteiger partial charge is 0.310 e. The van der Waals surface area contributed by atoms with Crippen molar-refractivity contribution in [1.29, 1.82) is 0 Å². The predicted octanol–water partition coefficient (Wildman–Crippen LogP) is 21.1. The summed E-state index contributed by atoms with van der Waals surface area (Å²) < 4.78 is 5.41. The van der Waals surface area contributed by atoms with Crippen LogP contribution in [0.2, 0.25) is 0 Å². The molecular weight excluding hydrogens is 1070 g/mol. The number of hydrogen-bond acceptors (Lipinski definition) is 0. The van der Waals surface area contributed by atoms with Crippen molar-refractivity contribution in [3.8, 4) is 78.1 Å². The van der Waals surface area contributed by atoms with E-state index in [9.17, 15) is 0 Å². The zero-order valence-corrected chi connectivity index (χ0v) is 51.0. The lowest BCUT2D eigenvalue weighted by Crippen LogP contribution is -2.59. The van der Waals surface area contributed by atoms with Gasteiger partial charge in [0.05, 0.1) is 11.0 Å². The second kappa shape index (κ2) is 19.0. The molecule has 0 unspecified atom stereocenters. The van der Waals surface area contributed by atoms with Crippen LogP contribution in [0.3, 0.4) is 0 Å². The Bertz CT molecular complexity index is 5500. The predicted molar refractivity (Wildman–Crippen MR) is 382 cm³/mol. The topological polar surface area (TPSA) is 9.86 Å². The minimum atomic E-state index is -0.119. The van der Waals surface area contributed by atoms with Crippen LogP contribution in [-0.4, -0.2) is 15.8 Å². The van der Waals surface area contributed by atoms with Crippen LogP contribution in [0, 0.1) is 0 Å². The number of benzene rings is 14. The highest BCUT2D eigenvalue weighted by Gasteiger charge is 2.43. The molecule has 16 aromatic rings. The number of para-hydroxylation sites is 1. The highest BCUT2D eigenvalue weighted by atomic mass is 15.0. The molecule has 0 bridgehead atoms. The molecule has 3 heteroatoms. The highest BCUT2D eigenvalue weighted by molar-refractivity contribution is 7.00. The van der Waals surface area contributed by atoms with Crippen LogP contribution in [0.4, 0.5) is 0 Å². The van der Waals surface area contributed by atoms with E-state index in [-0.39, 0.29) is 17.5 Å². The summed E-state index contributed by atoms with van der Waals surface area (Å²) in [5, 5.41) is 12.9. The molecule has 0 amide bonds. The summed E-state index contributed by atoms with van der Waals surface area (Å²) in [5.41, 5.74) is 28.2. The van der Waals surface area contributed by atoms with E-state index in [4.69, 9.17) is 0 Å². The molecule has 14 aromatic carbocycles. The van der Waals surface area contributed by atoms with Crippen molar-refractivity contribution in [3.05, 3.63) is 284 Å². The van der Waals surface area contributed by atoms with Crippen LogP contribution in [-0.2, 0) is 10.8 Å². The van der Waals surface area contributed by atoms with Gasteiger partial charge in [0.2, 0.25) is 0 Å². The molecule has 89 heavy (non-hydrogen) atoms. The Morgan fingerprint density at radius 1 is 0.258 bits per heavy atom. The molecule has 4 heterocycles. The van der Waals surface area contributed by atoms with Crippen LogP contribution in [0.1, 0.15) is 52.7 Å². The van der Waals surface area contributed by atoms with Crippen LogP contribution in [0.15, 0.2) is 273 Å². The number of fused-ring (bicyclic) bond motifs is 17. The second-order valence-electron chi connectivity index (χ2n) is 27.0. The molecule has 0 saturated carbocycles. The van der Waals surface area contributed by atoms with E-state index >= 15 is 0 Å². The first-order valence-electron chi connectivity index (χ1n) is 31.6. The minimum Gasteiger partial charge on any atom is -0.310 e. The van der Waals surface area contributed by atoms with Crippen LogP contribution in [0.25, 0.3) is 154 Å². The van der Waals surface area contributed by atoms with Crippen molar-refractivity contribution >= 4 is 99.0 Å². The van der Waals surface area contributed by atoms with Gasteiger partial charge in [-0.2, -0.15) is 0 Å². The summed E-state index contributed by atoms with van der Waals surface area (Å²) in [6, 6.07) is 104. The second-order valence-corrected chi connectivity index (χ2v) is 27.0. The minimum absolute atomic E-state index is 0.0561. The average molecular weight is 1140 g/mol. The van der Waals surface area contributed by atoms with E-state index in [0.29, 0.717) is 0 Å². The first kappa shape index (κ1) is 51.7. The lowest BCUT2D eigenvalue weighted by atomic mass is 9.34. The fourth-order valence-electron chi connectivity index (χ4n) is 16.0. The Kier molecular flexibility index (Phi) is 11.0. The number of rotatable bonds is 6. The molecule has 2 aliphatic heterocycles. The zero-order valence-electron chi connectivity index (χ0n) is 51.0. The van der Waals surface area contributed by atoms with Crippen molar-refractivity contribution < 1.29 is 0 Å². The van der Waals surface area contributed by atoms with Gasteiger partial charge < -0.3 is 9.13 Å². The van der Waals surface area contributed by atoms with Crippen LogP contribution >= 0.6 is 0 Å². The van der Waals surface area contributed by atoms with Gasteiger partial charge in [-0.1, -0.05) is 278 Å². The van der Waals surface area contributed by atoms with Crippen molar-refractivity contribution in [2.24, 2.45) is 0 Å². The van der Waals surface area contributed by atoms with Crippen LogP contribution in [0.5, 0.6) is 0 Å². The highest BCUT2D eigenvalue weighted by Crippen LogP contribution is 2.57. The third-order valence-corrected chi connectivity index (χ3v) is 19.9. The summed E-state index contributed by atoms with van der Waals surface area (Å²) in [4.78, 5) is 0. The zero-order chi connectivity index (χ0) is 59.6. The fourth-order valence-corrected chi connectivity index (χ4v) is 16.0. The van der Waals surface area contributed by atoms with Gasteiger partial charge in [-0.05, 0) is 168 Å². The SMILES string of the molecule is CC(C)(C)c1ccc2c(c1)c1cc(C(C)(C)C)cc3c1n2-c1cc(-c2c(-c4ccccc4)c(-c4ccccc4)c(-c4ccccc4)c(-c4ccccc4)c2-c2ccccc2)cc2c1B3c1cccc3c4c5c6ccccc6c6ccccc6c5ccc4n-2c13. The van der Waals surface area contributed by atoms with Gasteiger partial charge in [-0.3, -0.25) is 0 Å². The van der Waals surface area contributed by atoms with E-state index < -0.39 is 0 Å². The quantitative estimate of drug-likeness (QED) is 0.116. The number of hydrogen-bond donors (Lipinski definition) is 0. The monoisotopic (exact) mass is 1130 g/mol. The Balaban J connectivity index is 1.10. The molecule has 2 aliphatic rings. The smallest absolute Gasteiger partial charge is 0.252 e. The van der Waals surface area contributed by atoms with E-state index in [0.717, 1.165) is 27.8 Å². The normalized spacial score (nSPS) is 12.8. The van der Waals surface area contributed by atoms with Gasteiger partial charge in [-0.25, -0.2) is 0 Å². The maximum absolute atomic E-state index is 2.71. The van der Waals surface area contributed by atoms with E-state index in [1.165, 1.54) is 154 Å². The Hall–Kier alpha value is -10.5. The molecule has 2 nitrogen and oxygen atoms in total. The maximum Gasteiger partial charge on any atom is 0.252 e. The molecular formula is C86H63BN2. The lowest BCUT2D eigenvalue weighted by Gasteiger charge is -2.36. The van der Waals surface area contributed by atoms with E-state index in [1.807, 2.05) is 0 Å². The van der Waals surface area contributed by atoms with Crippen molar-refractivity contribution in [2.75, 3.05) is 0 Å². The molecule has 0 spiro atoms. The number of aromatic nitrogens is 2. The summed E-state index contributed by atoms with van der Waals surface area (Å²) in [6.45, 7) is 14.1. The Labute approximate surface area is 519 Å².